The van der Waals surface area contributed by atoms with E-state index in [4.69, 9.17) is 0 Å². The first-order valence-corrected chi connectivity index (χ1v) is 9.26. The molecule has 142 valence electrons. The van der Waals surface area contributed by atoms with Gasteiger partial charge in [-0.25, -0.2) is 0 Å². The average Bonchev–Trinajstić information content (AvgIpc) is 3.13. The van der Waals surface area contributed by atoms with Crippen molar-refractivity contribution < 1.29 is 23.5 Å². The topological polar surface area (TPSA) is 72.5 Å². The second kappa shape index (κ2) is 8.39. The number of thioether (sulfide) groups is 1. The van der Waals surface area contributed by atoms with Gasteiger partial charge in [0.2, 0.25) is 0 Å². The number of carbonyl (C=O) groups excluding carboxylic acids is 2. The third-order valence-corrected chi connectivity index (χ3v) is 5.02. The summed E-state index contributed by atoms with van der Waals surface area (Å²) in [6.07, 6.45) is 0.996. The highest BCUT2D eigenvalue weighted by Crippen LogP contribution is 2.29. The SMILES string of the molecule is O=C([O-])C1CCCN1C(=O)c1ccccc1Nc1ccc(SC(F)F)cc1. The molecule has 0 bridgehead atoms. The highest BCUT2D eigenvalue weighted by atomic mass is 32.2. The molecule has 0 aromatic heterocycles. The Morgan fingerprint density at radius 3 is 2.52 bits per heavy atom. The Morgan fingerprint density at radius 2 is 1.85 bits per heavy atom. The maximum absolute atomic E-state index is 12.9. The number of para-hydroxylation sites is 1. The van der Waals surface area contributed by atoms with Crippen LogP contribution >= 0.6 is 11.8 Å². The number of hydrogen-bond acceptors (Lipinski definition) is 5. The molecule has 1 unspecified atom stereocenters. The summed E-state index contributed by atoms with van der Waals surface area (Å²) in [5.74, 6) is -4.12. The lowest BCUT2D eigenvalue weighted by Gasteiger charge is -2.26. The van der Waals surface area contributed by atoms with Crippen LogP contribution in [0.2, 0.25) is 0 Å². The zero-order valence-electron chi connectivity index (χ0n) is 14.2. The van der Waals surface area contributed by atoms with Crippen LogP contribution in [0.25, 0.3) is 0 Å². The first-order valence-electron chi connectivity index (χ1n) is 8.38. The van der Waals surface area contributed by atoms with E-state index in [1.54, 1.807) is 48.5 Å². The van der Waals surface area contributed by atoms with Gasteiger partial charge in [0.1, 0.15) is 0 Å². The Morgan fingerprint density at radius 1 is 1.15 bits per heavy atom. The number of nitrogens with one attached hydrogen (secondary N) is 1. The Kier molecular flexibility index (Phi) is 5.95. The molecule has 0 saturated carbocycles. The van der Waals surface area contributed by atoms with Gasteiger partial charge in [-0.2, -0.15) is 8.78 Å². The summed E-state index contributed by atoms with van der Waals surface area (Å²) in [6, 6.07) is 12.3. The molecule has 1 aliphatic heterocycles. The number of alkyl halides is 2. The monoisotopic (exact) mass is 391 g/mol. The van der Waals surface area contributed by atoms with Gasteiger partial charge in [0.05, 0.1) is 23.3 Å². The van der Waals surface area contributed by atoms with Crippen LogP contribution in [0.3, 0.4) is 0 Å². The number of halogens is 2. The molecule has 5 nitrogen and oxygen atoms in total. The van der Waals surface area contributed by atoms with Crippen LogP contribution in [0.15, 0.2) is 53.4 Å². The van der Waals surface area contributed by atoms with Gasteiger partial charge in [0.25, 0.3) is 11.7 Å². The number of likely N-dealkylation sites (tertiary alicyclic amines) is 1. The van der Waals surface area contributed by atoms with E-state index in [1.807, 2.05) is 0 Å². The fourth-order valence-corrected chi connectivity index (χ4v) is 3.56. The Labute approximate surface area is 159 Å². The number of carboxylic acid groups (broad SMARTS) is 1. The summed E-state index contributed by atoms with van der Waals surface area (Å²) >= 11 is 0.458. The minimum Gasteiger partial charge on any atom is -0.548 e. The standard InChI is InChI=1S/C19H18F2N2O3S/c20-19(21)27-13-9-7-12(8-10-13)22-15-5-2-1-4-14(15)17(24)23-11-3-6-16(23)18(25)26/h1-2,4-5,7-10,16,19,22H,3,6,11H2,(H,25,26)/p-1. The predicted molar refractivity (Wildman–Crippen MR) is 97.1 cm³/mol. The lowest BCUT2D eigenvalue weighted by atomic mass is 10.1. The third kappa shape index (κ3) is 4.57. The zero-order valence-corrected chi connectivity index (χ0v) is 15.0. The van der Waals surface area contributed by atoms with E-state index >= 15 is 0 Å². The summed E-state index contributed by atoms with van der Waals surface area (Å²) in [5.41, 5.74) is 1.49. The average molecular weight is 391 g/mol. The Balaban J connectivity index is 1.80. The van der Waals surface area contributed by atoms with Gasteiger partial charge in [-0.1, -0.05) is 23.9 Å². The van der Waals surface area contributed by atoms with Gasteiger partial charge >= 0.3 is 0 Å². The van der Waals surface area contributed by atoms with Crippen molar-refractivity contribution in [3.63, 3.8) is 0 Å². The van der Waals surface area contributed by atoms with Crippen molar-refractivity contribution in [1.82, 2.24) is 4.90 Å². The van der Waals surface area contributed by atoms with Crippen molar-refractivity contribution in [1.29, 1.82) is 0 Å². The fraction of sp³-hybridized carbons (Fsp3) is 0.263. The van der Waals surface area contributed by atoms with Crippen LogP contribution in [-0.2, 0) is 4.79 Å². The van der Waals surface area contributed by atoms with E-state index < -0.39 is 17.8 Å². The first-order chi connectivity index (χ1) is 13.0. The number of carboxylic acids is 1. The molecular formula is C19H17F2N2O3S-. The molecule has 1 amide bonds. The highest BCUT2D eigenvalue weighted by Gasteiger charge is 2.31. The number of carbonyl (C=O) groups is 2. The molecule has 0 radical (unpaired) electrons. The quantitative estimate of drug-likeness (QED) is 0.766. The first kappa shape index (κ1) is 19.2. The summed E-state index contributed by atoms with van der Waals surface area (Å²) in [7, 11) is 0. The Hall–Kier alpha value is -2.61. The lowest BCUT2D eigenvalue weighted by molar-refractivity contribution is -0.310. The van der Waals surface area contributed by atoms with Gasteiger partial charge < -0.3 is 20.1 Å². The van der Waals surface area contributed by atoms with Gasteiger partial charge in [0, 0.05) is 17.1 Å². The molecule has 1 fully saturated rings. The number of anilines is 2. The van der Waals surface area contributed by atoms with Crippen LogP contribution in [0.5, 0.6) is 0 Å². The normalized spacial score (nSPS) is 16.6. The largest absolute Gasteiger partial charge is 0.548 e. The van der Waals surface area contributed by atoms with E-state index in [-0.39, 0.29) is 5.91 Å². The molecule has 1 atom stereocenters. The van der Waals surface area contributed by atoms with Crippen LogP contribution in [0, 0.1) is 0 Å². The number of benzene rings is 2. The van der Waals surface area contributed by atoms with Crippen LogP contribution in [-0.4, -0.2) is 35.1 Å². The molecule has 1 saturated heterocycles. The maximum Gasteiger partial charge on any atom is 0.288 e. The zero-order chi connectivity index (χ0) is 19.4. The summed E-state index contributed by atoms with van der Waals surface area (Å²) < 4.78 is 24.8. The van der Waals surface area contributed by atoms with Crippen molar-refractivity contribution in [3.8, 4) is 0 Å². The summed E-state index contributed by atoms with van der Waals surface area (Å²) in [5, 5.41) is 14.4. The molecule has 8 heteroatoms. The van der Waals surface area contributed by atoms with Gasteiger partial charge in [-0.3, -0.25) is 4.79 Å². The molecular weight excluding hydrogens is 374 g/mol. The van der Waals surface area contributed by atoms with E-state index in [0.29, 0.717) is 53.0 Å². The van der Waals surface area contributed by atoms with Crippen LogP contribution < -0.4 is 10.4 Å². The number of hydrogen-bond donors (Lipinski definition) is 1. The number of aliphatic carboxylic acids is 1. The molecule has 2 aromatic rings. The smallest absolute Gasteiger partial charge is 0.288 e. The molecule has 0 spiro atoms. The maximum atomic E-state index is 12.9. The molecule has 1 aliphatic rings. The van der Waals surface area contributed by atoms with Crippen molar-refractivity contribution in [2.45, 2.75) is 29.5 Å². The lowest BCUT2D eigenvalue weighted by Crippen LogP contribution is -2.47. The van der Waals surface area contributed by atoms with Crippen LogP contribution in [0.4, 0.5) is 20.2 Å². The Bertz CT molecular complexity index is 830. The van der Waals surface area contributed by atoms with Gasteiger partial charge in [0.15, 0.2) is 0 Å². The van der Waals surface area contributed by atoms with Gasteiger partial charge in [-0.05, 0) is 49.2 Å². The van der Waals surface area contributed by atoms with E-state index in [9.17, 15) is 23.5 Å². The van der Waals surface area contributed by atoms with Gasteiger partial charge in [-0.15, -0.1) is 0 Å². The minimum atomic E-state index is -2.49. The second-order valence-corrected chi connectivity index (χ2v) is 7.11. The van der Waals surface area contributed by atoms with Crippen molar-refractivity contribution >= 4 is 35.0 Å². The second-order valence-electron chi connectivity index (χ2n) is 6.05. The predicted octanol–water partition coefficient (Wildman–Crippen LogP) is 3.10. The molecule has 2 aromatic carbocycles. The molecule has 1 heterocycles. The molecule has 3 rings (SSSR count). The third-order valence-electron chi connectivity index (χ3n) is 4.30. The van der Waals surface area contributed by atoms with Crippen molar-refractivity contribution in [2.24, 2.45) is 0 Å². The number of amides is 1. The van der Waals surface area contributed by atoms with E-state index in [1.165, 1.54) is 4.90 Å². The van der Waals surface area contributed by atoms with Crippen molar-refractivity contribution in [2.75, 3.05) is 11.9 Å². The minimum absolute atomic E-state index is 0.344. The van der Waals surface area contributed by atoms with Crippen molar-refractivity contribution in [3.05, 3.63) is 54.1 Å². The highest BCUT2D eigenvalue weighted by molar-refractivity contribution is 7.99. The fourth-order valence-electron chi connectivity index (χ4n) is 3.06. The molecule has 27 heavy (non-hydrogen) atoms. The molecule has 1 N–H and O–H groups in total. The molecule has 0 aliphatic carbocycles. The van der Waals surface area contributed by atoms with E-state index in [2.05, 4.69) is 5.32 Å². The summed E-state index contributed by atoms with van der Waals surface area (Å²) in [4.78, 5) is 25.9. The summed E-state index contributed by atoms with van der Waals surface area (Å²) in [6.45, 7) is 0.366. The number of rotatable bonds is 6. The van der Waals surface area contributed by atoms with Crippen LogP contribution in [0.1, 0.15) is 23.2 Å². The van der Waals surface area contributed by atoms with E-state index in [0.717, 1.165) is 0 Å². The number of nitrogens with zero attached hydrogens (tertiary/aromatic N) is 1.